The van der Waals surface area contributed by atoms with Crippen LogP contribution in [-0.4, -0.2) is 75.1 Å². The van der Waals surface area contributed by atoms with Crippen molar-refractivity contribution in [2.45, 2.75) is 39.7 Å². The Kier molecular flexibility index (Phi) is 9.91. The van der Waals surface area contributed by atoms with Gasteiger partial charge in [-0.1, -0.05) is 25.1 Å². The Morgan fingerprint density at radius 3 is 2.46 bits per heavy atom. The van der Waals surface area contributed by atoms with Crippen LogP contribution in [0.15, 0.2) is 41.5 Å². The Labute approximate surface area is 219 Å². The van der Waals surface area contributed by atoms with Crippen LogP contribution in [-0.2, 0) is 9.53 Å². The number of ether oxygens (including phenoxy) is 3. The third-order valence-corrected chi connectivity index (χ3v) is 6.50. The normalized spacial score (nSPS) is 14.8. The maximum atomic E-state index is 13.7. The van der Waals surface area contributed by atoms with Crippen LogP contribution in [0.5, 0.6) is 11.5 Å². The zero-order valence-corrected chi connectivity index (χ0v) is 22.7. The first kappa shape index (κ1) is 28.0. The van der Waals surface area contributed by atoms with E-state index in [1.807, 2.05) is 31.2 Å². The quantitative estimate of drug-likeness (QED) is 0.492. The minimum absolute atomic E-state index is 0.119. The fourth-order valence-electron chi connectivity index (χ4n) is 4.19. The second-order valence-corrected chi connectivity index (χ2v) is 9.06. The van der Waals surface area contributed by atoms with Gasteiger partial charge in [-0.25, -0.2) is 9.80 Å². The van der Waals surface area contributed by atoms with Gasteiger partial charge in [-0.15, -0.1) is 0 Å². The average molecular weight is 511 g/mol. The molecule has 1 atom stereocenters. The lowest BCUT2D eigenvalue weighted by Gasteiger charge is -2.27. The van der Waals surface area contributed by atoms with E-state index in [4.69, 9.17) is 19.3 Å². The molecule has 9 heteroatoms. The number of carbonyl (C=O) groups excluding carboxylic acids is 2. The molecule has 0 spiro atoms. The first-order valence-corrected chi connectivity index (χ1v) is 12.5. The Morgan fingerprint density at radius 2 is 1.81 bits per heavy atom. The van der Waals surface area contributed by atoms with Gasteiger partial charge in [-0.2, -0.15) is 5.10 Å². The predicted octanol–water partition coefficient (Wildman–Crippen LogP) is 4.07. The number of urea groups is 1. The molecule has 0 saturated carbocycles. The van der Waals surface area contributed by atoms with Crippen LogP contribution >= 0.6 is 0 Å². The molecule has 0 aliphatic carbocycles. The summed E-state index contributed by atoms with van der Waals surface area (Å²) in [6, 6.07) is 11.2. The van der Waals surface area contributed by atoms with Gasteiger partial charge in [-0.05, 0) is 60.7 Å². The van der Waals surface area contributed by atoms with Gasteiger partial charge in [0.2, 0.25) is 0 Å². The molecule has 0 saturated heterocycles. The van der Waals surface area contributed by atoms with Gasteiger partial charge in [0, 0.05) is 26.6 Å². The molecule has 1 heterocycles. The van der Waals surface area contributed by atoms with Crippen LogP contribution in [0.4, 0.5) is 4.79 Å². The van der Waals surface area contributed by atoms with Gasteiger partial charge >= 0.3 is 6.03 Å². The van der Waals surface area contributed by atoms with Crippen molar-refractivity contribution in [3.05, 3.63) is 58.7 Å². The molecule has 0 unspecified atom stereocenters. The monoisotopic (exact) mass is 510 g/mol. The standard InChI is InChI=1S/C28H38N4O5/c1-7-12-29-28(34)31(13-14-35-4)18-27(33)32-24(22-10-11-25(36-5)26(16-22)37-6)17-23(30-32)21-9-8-19(2)20(3)15-21/h8-11,15-16,24H,7,12-14,17-18H2,1-6H3,(H,29,34)/t24-/m0/s1. The summed E-state index contributed by atoms with van der Waals surface area (Å²) >= 11 is 0. The second-order valence-electron chi connectivity index (χ2n) is 9.06. The van der Waals surface area contributed by atoms with Gasteiger partial charge in [0.15, 0.2) is 11.5 Å². The number of amides is 3. The molecule has 0 radical (unpaired) electrons. The van der Waals surface area contributed by atoms with Crippen LogP contribution in [0, 0.1) is 13.8 Å². The molecular weight excluding hydrogens is 472 g/mol. The summed E-state index contributed by atoms with van der Waals surface area (Å²) in [6.07, 6.45) is 1.33. The predicted molar refractivity (Wildman–Crippen MR) is 143 cm³/mol. The summed E-state index contributed by atoms with van der Waals surface area (Å²) in [5, 5.41) is 9.13. The molecule has 1 aliphatic heterocycles. The van der Waals surface area contributed by atoms with E-state index in [9.17, 15) is 9.59 Å². The molecule has 3 rings (SSSR count). The number of hydrogen-bond acceptors (Lipinski definition) is 6. The number of hydrogen-bond donors (Lipinski definition) is 1. The number of carbonyl (C=O) groups is 2. The first-order valence-electron chi connectivity index (χ1n) is 12.5. The van der Waals surface area contributed by atoms with E-state index in [0.717, 1.165) is 28.8 Å². The molecular formula is C28H38N4O5. The van der Waals surface area contributed by atoms with E-state index < -0.39 is 0 Å². The van der Waals surface area contributed by atoms with Gasteiger partial charge < -0.3 is 24.4 Å². The highest BCUT2D eigenvalue weighted by Crippen LogP contribution is 2.37. The fraction of sp³-hybridized carbons (Fsp3) is 0.464. The van der Waals surface area contributed by atoms with Gasteiger partial charge in [-0.3, -0.25) is 4.79 Å². The lowest BCUT2D eigenvalue weighted by molar-refractivity contribution is -0.133. The van der Waals surface area contributed by atoms with Gasteiger partial charge in [0.25, 0.3) is 5.91 Å². The summed E-state index contributed by atoms with van der Waals surface area (Å²) < 4.78 is 16.1. The van der Waals surface area contributed by atoms with Crippen LogP contribution in [0.3, 0.4) is 0 Å². The lowest BCUT2D eigenvalue weighted by atomic mass is 9.96. The molecule has 9 nitrogen and oxygen atoms in total. The summed E-state index contributed by atoms with van der Waals surface area (Å²) in [4.78, 5) is 27.9. The molecule has 0 aromatic heterocycles. The van der Waals surface area contributed by atoms with Gasteiger partial charge in [0.05, 0.1) is 32.6 Å². The lowest BCUT2D eigenvalue weighted by Crippen LogP contribution is -2.47. The van der Waals surface area contributed by atoms with Crippen molar-refractivity contribution in [2.24, 2.45) is 5.10 Å². The largest absolute Gasteiger partial charge is 0.493 e. The number of nitrogens with zero attached hydrogens (tertiary/aromatic N) is 3. The fourth-order valence-corrected chi connectivity index (χ4v) is 4.19. The summed E-state index contributed by atoms with van der Waals surface area (Å²) in [5.74, 6) is 0.907. The number of hydrazone groups is 1. The Balaban J connectivity index is 1.95. The zero-order valence-electron chi connectivity index (χ0n) is 22.7. The minimum atomic E-state index is -0.355. The highest BCUT2D eigenvalue weighted by Gasteiger charge is 2.35. The second kappa shape index (κ2) is 13.1. The Hall–Kier alpha value is -3.59. The van der Waals surface area contributed by atoms with E-state index in [-0.39, 0.29) is 24.5 Å². The summed E-state index contributed by atoms with van der Waals surface area (Å²) in [6.45, 7) is 7.13. The molecule has 1 aliphatic rings. The van der Waals surface area contributed by atoms with Crippen molar-refractivity contribution in [2.75, 3.05) is 47.6 Å². The van der Waals surface area contributed by atoms with E-state index in [1.165, 1.54) is 15.5 Å². The maximum Gasteiger partial charge on any atom is 0.317 e. The topological polar surface area (TPSA) is 92.7 Å². The summed E-state index contributed by atoms with van der Waals surface area (Å²) in [7, 11) is 4.73. The van der Waals surface area contributed by atoms with Crippen molar-refractivity contribution in [3.8, 4) is 11.5 Å². The van der Waals surface area contributed by atoms with Crippen molar-refractivity contribution >= 4 is 17.6 Å². The number of nitrogens with one attached hydrogen (secondary N) is 1. The van der Waals surface area contributed by atoms with Crippen LogP contribution in [0.25, 0.3) is 0 Å². The molecule has 1 N–H and O–H groups in total. The Bertz CT molecular complexity index is 1130. The molecule has 3 amide bonds. The number of aryl methyl sites for hydroxylation is 2. The number of rotatable bonds is 11. The molecule has 2 aromatic rings. The van der Waals surface area contributed by atoms with Crippen LogP contribution < -0.4 is 14.8 Å². The highest BCUT2D eigenvalue weighted by molar-refractivity contribution is 6.03. The van der Waals surface area contributed by atoms with Crippen LogP contribution in [0.2, 0.25) is 0 Å². The Morgan fingerprint density at radius 1 is 1.05 bits per heavy atom. The van der Waals surface area contributed by atoms with E-state index in [1.54, 1.807) is 21.3 Å². The van der Waals surface area contributed by atoms with Crippen molar-refractivity contribution < 1.29 is 23.8 Å². The van der Waals surface area contributed by atoms with Crippen molar-refractivity contribution in [3.63, 3.8) is 0 Å². The average Bonchev–Trinajstić information content (AvgIpc) is 3.36. The van der Waals surface area contributed by atoms with Crippen molar-refractivity contribution in [1.82, 2.24) is 15.2 Å². The molecule has 2 aromatic carbocycles. The third-order valence-electron chi connectivity index (χ3n) is 6.50. The molecule has 0 fully saturated rings. The number of methoxy groups -OCH3 is 3. The maximum absolute atomic E-state index is 13.7. The SMILES string of the molecule is CCCNC(=O)N(CCOC)CC(=O)N1N=C(c2ccc(C)c(C)c2)C[C@H]1c1ccc(OC)c(OC)c1. The molecule has 0 bridgehead atoms. The van der Waals surface area contributed by atoms with E-state index >= 15 is 0 Å². The first-order chi connectivity index (χ1) is 17.8. The number of benzene rings is 2. The van der Waals surface area contributed by atoms with Gasteiger partial charge in [0.1, 0.15) is 6.54 Å². The smallest absolute Gasteiger partial charge is 0.317 e. The molecule has 200 valence electrons. The highest BCUT2D eigenvalue weighted by atomic mass is 16.5. The van der Waals surface area contributed by atoms with E-state index in [2.05, 4.69) is 31.3 Å². The minimum Gasteiger partial charge on any atom is -0.493 e. The zero-order chi connectivity index (χ0) is 26.9. The summed E-state index contributed by atoms with van der Waals surface area (Å²) in [5.41, 5.74) is 5.01. The third kappa shape index (κ3) is 6.80. The van der Waals surface area contributed by atoms with E-state index in [0.29, 0.717) is 37.6 Å². The van der Waals surface area contributed by atoms with Crippen LogP contribution in [0.1, 0.15) is 48.1 Å². The molecule has 37 heavy (non-hydrogen) atoms. The van der Waals surface area contributed by atoms with Crippen molar-refractivity contribution in [1.29, 1.82) is 0 Å².